The van der Waals surface area contributed by atoms with E-state index in [1.165, 1.54) is 6.20 Å². The lowest BCUT2D eigenvalue weighted by molar-refractivity contribution is 0.0862. The number of fused-ring (bicyclic) bond motifs is 1. The predicted molar refractivity (Wildman–Crippen MR) is 97.5 cm³/mol. The molecular weight excluding hydrogens is 352 g/mol. The van der Waals surface area contributed by atoms with E-state index in [4.69, 9.17) is 0 Å². The number of pyridine rings is 1. The Morgan fingerprint density at radius 1 is 1.00 bits per heavy atom. The summed E-state index contributed by atoms with van der Waals surface area (Å²) in [7, 11) is -3.55. The van der Waals surface area contributed by atoms with Gasteiger partial charge < -0.3 is 0 Å². The monoisotopic (exact) mass is 370 g/mol. The first-order valence-electron chi connectivity index (χ1n) is 8.49. The van der Waals surface area contributed by atoms with E-state index in [2.05, 4.69) is 9.97 Å². The zero-order valence-corrected chi connectivity index (χ0v) is 14.9. The number of imidazole rings is 1. The van der Waals surface area contributed by atoms with Gasteiger partial charge in [-0.2, -0.15) is 0 Å². The van der Waals surface area contributed by atoms with Crippen molar-refractivity contribution in [1.82, 2.24) is 18.8 Å². The lowest BCUT2D eigenvalue weighted by atomic mass is 10.2. The summed E-state index contributed by atoms with van der Waals surface area (Å²) in [5, 5.41) is 0. The summed E-state index contributed by atoms with van der Waals surface area (Å²) in [5.74, 6) is 0.126. The fourth-order valence-electron chi connectivity index (χ4n) is 3.13. The molecule has 1 aliphatic rings. The average molecular weight is 370 g/mol. The maximum absolute atomic E-state index is 12.7. The van der Waals surface area contributed by atoms with Crippen molar-refractivity contribution in [3.8, 4) is 5.82 Å². The number of para-hydroxylation sites is 2. The Kier molecular flexibility index (Phi) is 4.20. The van der Waals surface area contributed by atoms with Gasteiger partial charge in [0.25, 0.3) is 5.91 Å². The van der Waals surface area contributed by atoms with Gasteiger partial charge in [0, 0.05) is 12.7 Å². The molecule has 3 heterocycles. The number of carbonyl (C=O) groups excluding carboxylic acids is 1. The zero-order valence-electron chi connectivity index (χ0n) is 14.1. The number of hydrogen-bond acceptors (Lipinski definition) is 5. The highest BCUT2D eigenvalue weighted by atomic mass is 32.2. The Morgan fingerprint density at radius 3 is 2.65 bits per heavy atom. The molecule has 0 bridgehead atoms. The van der Waals surface area contributed by atoms with Gasteiger partial charge in [0.2, 0.25) is 10.0 Å². The SMILES string of the molecule is O=C(c1ccc(-n2cnc3ccccc32)nc1)N1CCCCCS1(=O)=O. The topological polar surface area (TPSA) is 85.2 Å². The van der Waals surface area contributed by atoms with E-state index in [0.29, 0.717) is 18.7 Å². The highest BCUT2D eigenvalue weighted by molar-refractivity contribution is 7.89. The van der Waals surface area contributed by atoms with Crippen LogP contribution in [0, 0.1) is 0 Å². The summed E-state index contributed by atoms with van der Waals surface area (Å²) in [6.07, 6.45) is 5.20. The molecule has 0 radical (unpaired) electrons. The van der Waals surface area contributed by atoms with Crippen LogP contribution in [0.2, 0.25) is 0 Å². The van der Waals surface area contributed by atoms with Crippen LogP contribution in [0.1, 0.15) is 29.6 Å². The lowest BCUT2D eigenvalue weighted by Crippen LogP contribution is -2.37. The molecule has 26 heavy (non-hydrogen) atoms. The fraction of sp³-hybridized carbons (Fsp3) is 0.278. The molecule has 0 spiro atoms. The number of rotatable bonds is 2. The van der Waals surface area contributed by atoms with Crippen LogP contribution in [-0.2, 0) is 10.0 Å². The molecule has 1 amide bonds. The van der Waals surface area contributed by atoms with Crippen molar-refractivity contribution in [2.24, 2.45) is 0 Å². The molecular formula is C18H18N4O3S. The minimum atomic E-state index is -3.55. The van der Waals surface area contributed by atoms with Gasteiger partial charge >= 0.3 is 0 Å². The third-order valence-corrected chi connectivity index (χ3v) is 6.35. The normalized spacial score (nSPS) is 17.2. The van der Waals surface area contributed by atoms with E-state index in [1.807, 2.05) is 28.8 Å². The van der Waals surface area contributed by atoms with Crippen molar-refractivity contribution < 1.29 is 13.2 Å². The summed E-state index contributed by atoms with van der Waals surface area (Å²) >= 11 is 0. The van der Waals surface area contributed by atoms with Crippen LogP contribution in [-0.4, -0.2) is 45.5 Å². The van der Waals surface area contributed by atoms with Gasteiger partial charge in [-0.1, -0.05) is 18.6 Å². The second-order valence-corrected chi connectivity index (χ2v) is 8.28. The van der Waals surface area contributed by atoms with Crippen molar-refractivity contribution in [1.29, 1.82) is 0 Å². The Balaban J connectivity index is 1.64. The standard InChI is InChI=1S/C18H18N4O3S/c23-18(22-10-4-1-5-11-26(22,24)25)14-8-9-17(19-12-14)21-13-20-15-6-2-3-7-16(15)21/h2-3,6-9,12-13H,1,4-5,10-11H2. The maximum atomic E-state index is 12.7. The summed E-state index contributed by atoms with van der Waals surface area (Å²) in [4.78, 5) is 21.3. The van der Waals surface area contributed by atoms with E-state index in [1.54, 1.807) is 18.5 Å². The number of hydrogen-bond donors (Lipinski definition) is 0. The fourth-order valence-corrected chi connectivity index (χ4v) is 4.69. The van der Waals surface area contributed by atoms with E-state index >= 15 is 0 Å². The number of sulfonamides is 1. The maximum Gasteiger partial charge on any atom is 0.268 e. The lowest BCUT2D eigenvalue weighted by Gasteiger charge is -2.19. The molecule has 0 N–H and O–H groups in total. The van der Waals surface area contributed by atoms with Gasteiger partial charge in [-0.25, -0.2) is 22.7 Å². The van der Waals surface area contributed by atoms with Gasteiger partial charge in [0.05, 0.1) is 22.3 Å². The van der Waals surface area contributed by atoms with Gasteiger partial charge in [0.15, 0.2) is 0 Å². The van der Waals surface area contributed by atoms with Gasteiger partial charge in [-0.3, -0.25) is 9.36 Å². The average Bonchev–Trinajstić information content (AvgIpc) is 2.99. The van der Waals surface area contributed by atoms with E-state index in [0.717, 1.165) is 21.8 Å². The number of amides is 1. The van der Waals surface area contributed by atoms with Crippen LogP contribution in [0.3, 0.4) is 0 Å². The van der Waals surface area contributed by atoms with Gasteiger partial charge in [0.1, 0.15) is 12.1 Å². The first-order valence-corrected chi connectivity index (χ1v) is 10.1. The number of benzene rings is 1. The molecule has 4 rings (SSSR count). The first-order chi connectivity index (χ1) is 12.6. The molecule has 1 fully saturated rings. The largest absolute Gasteiger partial charge is 0.283 e. The zero-order chi connectivity index (χ0) is 18.1. The summed E-state index contributed by atoms with van der Waals surface area (Å²) in [6.45, 7) is 0.231. The third-order valence-electron chi connectivity index (χ3n) is 4.52. The van der Waals surface area contributed by atoms with Crippen molar-refractivity contribution >= 4 is 27.0 Å². The highest BCUT2D eigenvalue weighted by Gasteiger charge is 2.29. The molecule has 1 saturated heterocycles. The molecule has 0 atom stereocenters. The molecule has 0 saturated carbocycles. The van der Waals surface area contributed by atoms with Gasteiger partial charge in [-0.05, 0) is 37.1 Å². The van der Waals surface area contributed by atoms with Crippen molar-refractivity contribution in [3.05, 3.63) is 54.5 Å². The Hall–Kier alpha value is -2.74. The summed E-state index contributed by atoms with van der Waals surface area (Å²) < 4.78 is 27.4. The quantitative estimate of drug-likeness (QED) is 0.691. The minimum absolute atomic E-state index is 0.0191. The van der Waals surface area contributed by atoms with Crippen molar-refractivity contribution in [3.63, 3.8) is 0 Å². The van der Waals surface area contributed by atoms with Crippen LogP contribution in [0.4, 0.5) is 0 Å². The van der Waals surface area contributed by atoms with Crippen LogP contribution in [0.5, 0.6) is 0 Å². The Labute approximate surface area is 151 Å². The van der Waals surface area contributed by atoms with E-state index in [-0.39, 0.29) is 17.9 Å². The number of nitrogens with zero attached hydrogens (tertiary/aromatic N) is 4. The molecule has 8 heteroatoms. The summed E-state index contributed by atoms with van der Waals surface area (Å²) in [6, 6.07) is 11.0. The van der Waals surface area contributed by atoms with E-state index in [9.17, 15) is 13.2 Å². The first kappa shape index (κ1) is 16.7. The predicted octanol–water partition coefficient (Wildman–Crippen LogP) is 2.38. The Morgan fingerprint density at radius 2 is 1.85 bits per heavy atom. The molecule has 1 aromatic carbocycles. The molecule has 0 aliphatic carbocycles. The molecule has 7 nitrogen and oxygen atoms in total. The second-order valence-electron chi connectivity index (χ2n) is 6.26. The number of carbonyl (C=O) groups is 1. The molecule has 0 unspecified atom stereocenters. The second kappa shape index (κ2) is 6.53. The van der Waals surface area contributed by atoms with Crippen molar-refractivity contribution in [2.75, 3.05) is 12.3 Å². The smallest absolute Gasteiger partial charge is 0.268 e. The van der Waals surface area contributed by atoms with Crippen LogP contribution in [0.15, 0.2) is 48.9 Å². The molecule has 134 valence electrons. The minimum Gasteiger partial charge on any atom is -0.283 e. The highest BCUT2D eigenvalue weighted by Crippen LogP contribution is 2.19. The molecule has 1 aliphatic heterocycles. The summed E-state index contributed by atoms with van der Waals surface area (Å²) in [5.41, 5.74) is 2.03. The van der Waals surface area contributed by atoms with E-state index < -0.39 is 15.9 Å². The van der Waals surface area contributed by atoms with Crippen LogP contribution >= 0.6 is 0 Å². The van der Waals surface area contributed by atoms with Crippen LogP contribution in [0.25, 0.3) is 16.9 Å². The molecule has 2 aromatic heterocycles. The number of aromatic nitrogens is 3. The van der Waals surface area contributed by atoms with Crippen LogP contribution < -0.4 is 0 Å². The third kappa shape index (κ3) is 2.96. The van der Waals surface area contributed by atoms with Crippen molar-refractivity contribution in [2.45, 2.75) is 19.3 Å². The Bertz CT molecular complexity index is 1060. The van der Waals surface area contributed by atoms with Gasteiger partial charge in [-0.15, -0.1) is 0 Å². The molecule has 3 aromatic rings.